The first-order valence-electron chi connectivity index (χ1n) is 8.28. The largest absolute Gasteiger partial charge is 0.372 e. The van der Waals surface area contributed by atoms with Gasteiger partial charge in [0.1, 0.15) is 0 Å². The summed E-state index contributed by atoms with van der Waals surface area (Å²) in [6, 6.07) is 7.53. The van der Waals surface area contributed by atoms with Gasteiger partial charge in [0.2, 0.25) is 5.82 Å². The van der Waals surface area contributed by atoms with Crippen molar-refractivity contribution in [1.82, 2.24) is 29.5 Å². The third-order valence-corrected chi connectivity index (χ3v) is 4.23. The summed E-state index contributed by atoms with van der Waals surface area (Å²) in [4.78, 5) is 26.9. The zero-order chi connectivity index (χ0) is 17.1. The number of pyridine rings is 1. The SMILES string of the molecule is O=C(c1nc2ncccn2n1)N1CCC(OCc2ccccn2)CC1. The van der Waals surface area contributed by atoms with Crippen LogP contribution in [0.4, 0.5) is 0 Å². The molecule has 0 unspecified atom stereocenters. The summed E-state index contributed by atoms with van der Waals surface area (Å²) >= 11 is 0. The highest BCUT2D eigenvalue weighted by Crippen LogP contribution is 2.16. The zero-order valence-electron chi connectivity index (χ0n) is 13.7. The molecule has 8 nitrogen and oxygen atoms in total. The fraction of sp³-hybridized carbons (Fsp3) is 0.353. The van der Waals surface area contributed by atoms with Gasteiger partial charge >= 0.3 is 0 Å². The third kappa shape index (κ3) is 3.48. The van der Waals surface area contributed by atoms with E-state index in [9.17, 15) is 4.79 Å². The predicted octanol–water partition coefficient (Wildman–Crippen LogP) is 1.34. The van der Waals surface area contributed by atoms with Gasteiger partial charge in [-0.15, -0.1) is 5.10 Å². The van der Waals surface area contributed by atoms with Gasteiger partial charge in [-0.05, 0) is 31.0 Å². The fourth-order valence-corrected chi connectivity index (χ4v) is 2.88. The molecule has 3 aromatic heterocycles. The van der Waals surface area contributed by atoms with Gasteiger partial charge in [-0.2, -0.15) is 4.98 Å². The molecular weight excluding hydrogens is 320 g/mol. The summed E-state index contributed by atoms with van der Waals surface area (Å²) in [5.41, 5.74) is 0.919. The van der Waals surface area contributed by atoms with Crippen molar-refractivity contribution in [2.45, 2.75) is 25.6 Å². The van der Waals surface area contributed by atoms with E-state index in [1.807, 2.05) is 18.2 Å². The van der Waals surface area contributed by atoms with Crippen molar-refractivity contribution in [3.63, 3.8) is 0 Å². The van der Waals surface area contributed by atoms with Crippen molar-refractivity contribution in [1.29, 1.82) is 0 Å². The molecule has 8 heteroatoms. The molecule has 0 aromatic carbocycles. The van der Waals surface area contributed by atoms with Crippen LogP contribution in [0.25, 0.3) is 5.78 Å². The molecule has 1 saturated heterocycles. The maximum absolute atomic E-state index is 12.6. The summed E-state index contributed by atoms with van der Waals surface area (Å²) in [6.07, 6.45) is 6.85. The fourth-order valence-electron chi connectivity index (χ4n) is 2.88. The van der Waals surface area contributed by atoms with E-state index in [2.05, 4.69) is 20.1 Å². The van der Waals surface area contributed by atoms with Crippen LogP contribution in [0.15, 0.2) is 42.9 Å². The van der Waals surface area contributed by atoms with Crippen LogP contribution in [-0.2, 0) is 11.3 Å². The lowest BCUT2D eigenvalue weighted by atomic mass is 10.1. The van der Waals surface area contributed by atoms with Crippen molar-refractivity contribution in [3.05, 3.63) is 54.4 Å². The number of amides is 1. The number of aromatic nitrogens is 5. The van der Waals surface area contributed by atoms with Gasteiger partial charge in [0, 0.05) is 31.7 Å². The van der Waals surface area contributed by atoms with Gasteiger partial charge in [-0.25, -0.2) is 9.50 Å². The Morgan fingerprint density at radius 1 is 1.16 bits per heavy atom. The second-order valence-electron chi connectivity index (χ2n) is 5.92. The van der Waals surface area contributed by atoms with Gasteiger partial charge in [0.05, 0.1) is 18.4 Å². The summed E-state index contributed by atoms with van der Waals surface area (Å²) in [7, 11) is 0. The Kier molecular flexibility index (Phi) is 4.34. The first-order chi connectivity index (χ1) is 12.3. The number of carbonyl (C=O) groups excluding carboxylic acids is 1. The number of likely N-dealkylation sites (tertiary alicyclic amines) is 1. The van der Waals surface area contributed by atoms with Crippen LogP contribution in [-0.4, -0.2) is 54.6 Å². The van der Waals surface area contributed by atoms with E-state index in [-0.39, 0.29) is 17.8 Å². The molecule has 0 radical (unpaired) electrons. The Morgan fingerprint density at radius 3 is 2.76 bits per heavy atom. The first-order valence-corrected chi connectivity index (χ1v) is 8.28. The Balaban J connectivity index is 1.32. The Labute approximate surface area is 144 Å². The van der Waals surface area contributed by atoms with E-state index in [0.717, 1.165) is 18.5 Å². The minimum Gasteiger partial charge on any atom is -0.372 e. The van der Waals surface area contributed by atoms with Gasteiger partial charge in [0.25, 0.3) is 11.7 Å². The van der Waals surface area contributed by atoms with E-state index in [1.54, 1.807) is 29.6 Å². The molecular formula is C17H18N6O2. The Morgan fingerprint density at radius 2 is 2.00 bits per heavy atom. The van der Waals surface area contributed by atoms with Crippen molar-refractivity contribution in [2.24, 2.45) is 0 Å². The molecule has 1 aliphatic rings. The number of fused-ring (bicyclic) bond motifs is 1. The van der Waals surface area contributed by atoms with Crippen LogP contribution >= 0.6 is 0 Å². The molecule has 0 saturated carbocycles. The molecule has 3 aromatic rings. The number of carbonyl (C=O) groups is 1. The molecule has 4 rings (SSSR count). The summed E-state index contributed by atoms with van der Waals surface area (Å²) in [6.45, 7) is 1.77. The third-order valence-electron chi connectivity index (χ3n) is 4.23. The number of nitrogens with zero attached hydrogens (tertiary/aromatic N) is 6. The molecule has 0 spiro atoms. The topological polar surface area (TPSA) is 85.5 Å². The van der Waals surface area contributed by atoms with Crippen LogP contribution in [0.3, 0.4) is 0 Å². The monoisotopic (exact) mass is 338 g/mol. The predicted molar refractivity (Wildman–Crippen MR) is 88.7 cm³/mol. The average Bonchev–Trinajstić information content (AvgIpc) is 3.11. The highest BCUT2D eigenvalue weighted by atomic mass is 16.5. The van der Waals surface area contributed by atoms with E-state index in [0.29, 0.717) is 25.5 Å². The molecule has 0 aliphatic carbocycles. The lowest BCUT2D eigenvalue weighted by molar-refractivity contribution is -0.00186. The minimum atomic E-state index is -0.159. The average molecular weight is 338 g/mol. The summed E-state index contributed by atoms with van der Waals surface area (Å²) in [5.74, 6) is 0.458. The van der Waals surface area contributed by atoms with Gasteiger partial charge < -0.3 is 9.64 Å². The molecule has 4 heterocycles. The van der Waals surface area contributed by atoms with Crippen LogP contribution in [0.5, 0.6) is 0 Å². The lowest BCUT2D eigenvalue weighted by Gasteiger charge is -2.31. The van der Waals surface area contributed by atoms with Gasteiger partial charge in [0.15, 0.2) is 0 Å². The van der Waals surface area contributed by atoms with E-state index in [1.165, 1.54) is 4.52 Å². The quantitative estimate of drug-likeness (QED) is 0.714. The first kappa shape index (κ1) is 15.6. The van der Waals surface area contributed by atoms with E-state index < -0.39 is 0 Å². The molecule has 25 heavy (non-hydrogen) atoms. The highest BCUT2D eigenvalue weighted by Gasteiger charge is 2.26. The molecule has 1 amide bonds. The molecule has 0 atom stereocenters. The smallest absolute Gasteiger partial charge is 0.293 e. The molecule has 1 aliphatic heterocycles. The van der Waals surface area contributed by atoms with Crippen LogP contribution in [0, 0.1) is 0 Å². The number of piperidine rings is 1. The van der Waals surface area contributed by atoms with E-state index in [4.69, 9.17) is 4.74 Å². The minimum absolute atomic E-state index is 0.141. The van der Waals surface area contributed by atoms with Crippen molar-refractivity contribution >= 4 is 11.7 Å². The summed E-state index contributed by atoms with van der Waals surface area (Å²) in [5, 5.41) is 4.20. The second-order valence-corrected chi connectivity index (χ2v) is 5.92. The maximum atomic E-state index is 12.6. The standard InChI is InChI=1S/C17H18N6O2/c24-16(15-20-17-19-8-3-9-23(17)21-15)22-10-5-14(6-11-22)25-12-13-4-1-2-7-18-13/h1-4,7-9,14H,5-6,10-12H2. The molecule has 0 bridgehead atoms. The van der Waals surface area contributed by atoms with Gasteiger partial charge in [-0.1, -0.05) is 6.07 Å². The normalized spacial score (nSPS) is 15.6. The number of rotatable bonds is 4. The Hall–Kier alpha value is -2.87. The van der Waals surface area contributed by atoms with Crippen molar-refractivity contribution in [3.8, 4) is 0 Å². The summed E-state index contributed by atoms with van der Waals surface area (Å²) < 4.78 is 7.41. The number of ether oxygens (including phenoxy) is 1. The molecule has 128 valence electrons. The number of hydrogen-bond acceptors (Lipinski definition) is 6. The lowest BCUT2D eigenvalue weighted by Crippen LogP contribution is -2.41. The zero-order valence-corrected chi connectivity index (χ0v) is 13.7. The van der Waals surface area contributed by atoms with Crippen LogP contribution in [0.2, 0.25) is 0 Å². The molecule has 0 N–H and O–H groups in total. The Bertz CT molecular complexity index is 825. The van der Waals surface area contributed by atoms with Crippen LogP contribution in [0.1, 0.15) is 29.2 Å². The van der Waals surface area contributed by atoms with Crippen molar-refractivity contribution in [2.75, 3.05) is 13.1 Å². The van der Waals surface area contributed by atoms with Crippen molar-refractivity contribution < 1.29 is 9.53 Å². The number of hydrogen-bond donors (Lipinski definition) is 0. The second kappa shape index (κ2) is 6.94. The highest BCUT2D eigenvalue weighted by molar-refractivity contribution is 5.90. The molecule has 1 fully saturated rings. The van der Waals surface area contributed by atoms with Crippen LogP contribution < -0.4 is 0 Å². The van der Waals surface area contributed by atoms with E-state index >= 15 is 0 Å². The van der Waals surface area contributed by atoms with Gasteiger partial charge in [-0.3, -0.25) is 9.78 Å². The maximum Gasteiger partial charge on any atom is 0.293 e.